The van der Waals surface area contributed by atoms with Crippen LogP contribution in [0.2, 0.25) is 0 Å². The van der Waals surface area contributed by atoms with Gasteiger partial charge >= 0.3 is 12.1 Å². The maximum absolute atomic E-state index is 11.4. The zero-order valence-corrected chi connectivity index (χ0v) is 16.2. The highest BCUT2D eigenvalue weighted by Crippen LogP contribution is 2.17. The van der Waals surface area contributed by atoms with Gasteiger partial charge in [0.25, 0.3) is 6.47 Å². The molecule has 0 aliphatic rings. The standard InChI is InChI=1S/C12H18N2O2.C7H10O4/c1-4-9(3)16-12(15)14-10-6-5-8(2)11(13)7-10;1-6(2)7(9)11-4-3-10-5-8/h5-7,9H,4,13H2,1-3H3,(H,14,15);5H,1,3-4H2,2H3. The van der Waals surface area contributed by atoms with Crippen molar-refractivity contribution >= 4 is 29.9 Å². The monoisotopic (exact) mass is 380 g/mol. The Morgan fingerprint density at radius 1 is 1.33 bits per heavy atom. The third kappa shape index (κ3) is 11.2. The molecule has 0 aliphatic carbocycles. The van der Waals surface area contributed by atoms with Crippen molar-refractivity contribution in [3.05, 3.63) is 35.9 Å². The molecule has 8 nitrogen and oxygen atoms in total. The first-order chi connectivity index (χ1) is 12.7. The fraction of sp³-hybridized carbons (Fsp3) is 0.421. The van der Waals surface area contributed by atoms with Crippen LogP contribution in [0.15, 0.2) is 30.4 Å². The summed E-state index contributed by atoms with van der Waals surface area (Å²) in [5.41, 5.74) is 8.35. The highest BCUT2D eigenvalue weighted by Gasteiger charge is 2.08. The predicted molar refractivity (Wildman–Crippen MR) is 103 cm³/mol. The first-order valence-corrected chi connectivity index (χ1v) is 8.42. The zero-order chi connectivity index (χ0) is 20.8. The fourth-order valence-corrected chi connectivity index (χ4v) is 1.49. The number of aryl methyl sites for hydroxylation is 1. The smallest absolute Gasteiger partial charge is 0.411 e. The third-order valence-electron chi connectivity index (χ3n) is 3.26. The number of hydrogen-bond donors (Lipinski definition) is 2. The first-order valence-electron chi connectivity index (χ1n) is 8.42. The number of carbonyl (C=O) groups excluding carboxylic acids is 3. The summed E-state index contributed by atoms with van der Waals surface area (Å²) in [6.07, 6.45) is 0.268. The van der Waals surface area contributed by atoms with E-state index in [0.717, 1.165) is 12.0 Å². The van der Waals surface area contributed by atoms with E-state index >= 15 is 0 Å². The molecule has 3 N–H and O–H groups in total. The largest absolute Gasteiger partial charge is 0.464 e. The first kappa shape index (κ1) is 24.0. The Hall–Kier alpha value is -3.03. The molecule has 0 spiro atoms. The van der Waals surface area contributed by atoms with Gasteiger partial charge in [0.15, 0.2) is 0 Å². The second kappa shape index (κ2) is 13.2. The van der Waals surface area contributed by atoms with Crippen LogP contribution < -0.4 is 11.1 Å². The topological polar surface area (TPSA) is 117 Å². The Morgan fingerprint density at radius 3 is 2.52 bits per heavy atom. The van der Waals surface area contributed by atoms with Gasteiger partial charge in [0, 0.05) is 16.9 Å². The minimum Gasteiger partial charge on any atom is -0.464 e. The van der Waals surface area contributed by atoms with Crippen LogP contribution in [0.1, 0.15) is 32.8 Å². The Kier molecular flexibility index (Phi) is 11.7. The summed E-state index contributed by atoms with van der Waals surface area (Å²) in [4.78, 5) is 31.6. The molecule has 150 valence electrons. The number of nitrogens with one attached hydrogen (secondary N) is 1. The molecule has 8 heteroatoms. The average Bonchev–Trinajstić information content (AvgIpc) is 2.62. The van der Waals surface area contributed by atoms with E-state index in [4.69, 9.17) is 10.5 Å². The van der Waals surface area contributed by atoms with Crippen LogP contribution in [0, 0.1) is 6.92 Å². The molecule has 0 heterocycles. The summed E-state index contributed by atoms with van der Waals surface area (Å²) in [6.45, 7) is 11.1. The minimum atomic E-state index is -0.473. The van der Waals surface area contributed by atoms with Gasteiger partial charge < -0.3 is 19.9 Å². The summed E-state index contributed by atoms with van der Waals surface area (Å²) in [7, 11) is 0. The molecule has 1 atom stereocenters. The molecule has 1 amide bonds. The Bertz CT molecular complexity index is 645. The van der Waals surface area contributed by atoms with Crippen molar-refractivity contribution < 1.29 is 28.6 Å². The molecule has 1 unspecified atom stereocenters. The van der Waals surface area contributed by atoms with Crippen LogP contribution in [0.4, 0.5) is 16.2 Å². The van der Waals surface area contributed by atoms with Gasteiger partial charge in [-0.25, -0.2) is 9.59 Å². The van der Waals surface area contributed by atoms with E-state index < -0.39 is 12.1 Å². The number of nitrogen functional groups attached to an aromatic ring is 1. The normalized spacial score (nSPS) is 10.5. The second-order valence-electron chi connectivity index (χ2n) is 5.70. The molecule has 0 saturated heterocycles. The molecule has 0 bridgehead atoms. The maximum atomic E-state index is 11.4. The molecule has 0 radical (unpaired) electrons. The molecular weight excluding hydrogens is 352 g/mol. The summed E-state index contributed by atoms with van der Waals surface area (Å²) in [5.74, 6) is -0.473. The predicted octanol–water partition coefficient (Wildman–Crippen LogP) is 3.20. The lowest BCUT2D eigenvalue weighted by Crippen LogP contribution is -2.19. The van der Waals surface area contributed by atoms with E-state index in [1.54, 1.807) is 19.1 Å². The number of esters is 1. The summed E-state index contributed by atoms with van der Waals surface area (Å²) >= 11 is 0. The third-order valence-corrected chi connectivity index (χ3v) is 3.26. The molecule has 0 aliphatic heterocycles. The zero-order valence-electron chi connectivity index (χ0n) is 16.2. The number of carbonyl (C=O) groups is 3. The van der Waals surface area contributed by atoms with Crippen LogP contribution >= 0.6 is 0 Å². The quantitative estimate of drug-likeness (QED) is 0.178. The Labute approximate surface area is 159 Å². The van der Waals surface area contributed by atoms with Crippen LogP contribution in [0.3, 0.4) is 0 Å². The van der Waals surface area contributed by atoms with Crippen molar-refractivity contribution in [1.82, 2.24) is 0 Å². The van der Waals surface area contributed by atoms with Gasteiger partial charge in [0.2, 0.25) is 0 Å². The molecular formula is C19H28N2O6. The lowest BCUT2D eigenvalue weighted by molar-refractivity contribution is -0.143. The van der Waals surface area contributed by atoms with E-state index in [-0.39, 0.29) is 19.3 Å². The molecule has 0 fully saturated rings. The fourth-order valence-electron chi connectivity index (χ4n) is 1.49. The maximum Gasteiger partial charge on any atom is 0.411 e. The summed E-state index contributed by atoms with van der Waals surface area (Å²) in [6, 6.07) is 5.37. The van der Waals surface area contributed by atoms with E-state index in [1.165, 1.54) is 0 Å². The second-order valence-corrected chi connectivity index (χ2v) is 5.70. The van der Waals surface area contributed by atoms with Crippen LogP contribution in [-0.4, -0.2) is 37.9 Å². The number of ether oxygens (including phenoxy) is 3. The van der Waals surface area contributed by atoms with Gasteiger partial charge in [-0.15, -0.1) is 0 Å². The van der Waals surface area contributed by atoms with Crippen LogP contribution in [0.5, 0.6) is 0 Å². The van der Waals surface area contributed by atoms with Crippen molar-refractivity contribution in [2.24, 2.45) is 0 Å². The van der Waals surface area contributed by atoms with Gasteiger partial charge in [-0.1, -0.05) is 19.6 Å². The molecule has 1 aromatic rings. The molecule has 0 aromatic heterocycles. The van der Waals surface area contributed by atoms with Gasteiger partial charge in [0.05, 0.1) is 0 Å². The van der Waals surface area contributed by atoms with Gasteiger partial charge in [-0.3, -0.25) is 10.1 Å². The minimum absolute atomic E-state index is 0.0738. The summed E-state index contributed by atoms with van der Waals surface area (Å²) in [5, 5.41) is 2.63. The Morgan fingerprint density at radius 2 is 2.00 bits per heavy atom. The summed E-state index contributed by atoms with van der Waals surface area (Å²) < 4.78 is 13.9. The Balaban J connectivity index is 0.000000541. The van der Waals surface area contributed by atoms with Gasteiger partial charge in [-0.2, -0.15) is 0 Å². The van der Waals surface area contributed by atoms with Crippen LogP contribution in [0.25, 0.3) is 0 Å². The van der Waals surface area contributed by atoms with Crippen molar-refractivity contribution in [2.45, 2.75) is 40.2 Å². The molecule has 27 heavy (non-hydrogen) atoms. The van der Waals surface area contributed by atoms with E-state index in [2.05, 4.69) is 21.4 Å². The molecule has 1 aromatic carbocycles. The molecule has 1 rings (SSSR count). The van der Waals surface area contributed by atoms with Gasteiger partial charge in [0.1, 0.15) is 19.3 Å². The van der Waals surface area contributed by atoms with E-state index in [1.807, 2.05) is 26.8 Å². The van der Waals surface area contributed by atoms with Crippen LogP contribution in [-0.2, 0) is 23.8 Å². The van der Waals surface area contributed by atoms with Crippen molar-refractivity contribution in [3.8, 4) is 0 Å². The van der Waals surface area contributed by atoms with Crippen molar-refractivity contribution in [3.63, 3.8) is 0 Å². The number of hydrogen-bond acceptors (Lipinski definition) is 7. The number of anilines is 2. The van der Waals surface area contributed by atoms with Crippen molar-refractivity contribution in [2.75, 3.05) is 24.3 Å². The lowest BCUT2D eigenvalue weighted by Gasteiger charge is -2.12. The number of nitrogens with two attached hydrogens (primary N) is 1. The highest BCUT2D eigenvalue weighted by molar-refractivity contribution is 5.87. The van der Waals surface area contributed by atoms with Crippen molar-refractivity contribution in [1.29, 1.82) is 0 Å². The van der Waals surface area contributed by atoms with E-state index in [0.29, 0.717) is 23.4 Å². The molecule has 0 saturated carbocycles. The van der Waals surface area contributed by atoms with Gasteiger partial charge in [-0.05, 0) is 44.9 Å². The number of rotatable bonds is 8. The van der Waals surface area contributed by atoms with E-state index in [9.17, 15) is 14.4 Å². The SMILES string of the molecule is C=C(C)C(=O)OCCOC=O.CCC(C)OC(=O)Nc1ccc(C)c(N)c1. The lowest BCUT2D eigenvalue weighted by atomic mass is 10.2. The number of benzene rings is 1. The number of amides is 1. The highest BCUT2D eigenvalue weighted by atomic mass is 16.6. The average molecular weight is 380 g/mol.